The maximum absolute atomic E-state index is 11.7. The number of hydrogen-bond acceptors (Lipinski definition) is 4. The van der Waals surface area contributed by atoms with Crippen LogP contribution in [-0.2, 0) is 24.6 Å². The minimum atomic E-state index is -0.169. The standard InChI is InChI=1S/C12H14O4/c13-2-1-12(15)11-4-10-7-16-6-9(10)3-8(11)5-14/h3-4,13-14H,1-2,5-7H2. The molecule has 0 aliphatic carbocycles. The molecule has 1 aromatic rings. The van der Waals surface area contributed by atoms with E-state index in [2.05, 4.69) is 0 Å². The lowest BCUT2D eigenvalue weighted by Crippen LogP contribution is -2.07. The van der Waals surface area contributed by atoms with E-state index in [-0.39, 0.29) is 25.4 Å². The van der Waals surface area contributed by atoms with Gasteiger partial charge in [-0.05, 0) is 22.8 Å². The molecular weight excluding hydrogens is 208 g/mol. The number of ketones is 1. The fourth-order valence-electron chi connectivity index (χ4n) is 1.91. The predicted molar refractivity (Wildman–Crippen MR) is 56.9 cm³/mol. The summed E-state index contributed by atoms with van der Waals surface area (Å²) in [5, 5.41) is 18.0. The van der Waals surface area contributed by atoms with Crippen LogP contribution < -0.4 is 0 Å². The van der Waals surface area contributed by atoms with Gasteiger partial charge in [0.15, 0.2) is 5.78 Å². The summed E-state index contributed by atoms with van der Waals surface area (Å²) in [5.74, 6) is -0.138. The van der Waals surface area contributed by atoms with Gasteiger partial charge >= 0.3 is 0 Å². The van der Waals surface area contributed by atoms with E-state index >= 15 is 0 Å². The molecule has 1 aromatic carbocycles. The highest BCUT2D eigenvalue weighted by Crippen LogP contribution is 2.25. The summed E-state index contributed by atoms with van der Waals surface area (Å²) in [6.07, 6.45) is 0.0899. The first-order valence-electron chi connectivity index (χ1n) is 5.23. The van der Waals surface area contributed by atoms with Crippen LogP contribution in [0.1, 0.15) is 33.5 Å². The van der Waals surface area contributed by atoms with Gasteiger partial charge in [0.1, 0.15) is 0 Å². The van der Waals surface area contributed by atoms with Gasteiger partial charge in [0.25, 0.3) is 0 Å². The first kappa shape index (κ1) is 11.3. The smallest absolute Gasteiger partial charge is 0.165 e. The molecule has 4 heteroatoms. The molecule has 2 N–H and O–H groups in total. The number of aliphatic hydroxyl groups excluding tert-OH is 2. The third kappa shape index (κ3) is 2.00. The fraction of sp³-hybridized carbons (Fsp3) is 0.417. The number of benzene rings is 1. The van der Waals surface area contributed by atoms with Gasteiger partial charge in [-0.25, -0.2) is 0 Å². The van der Waals surface area contributed by atoms with Crippen molar-refractivity contribution in [2.45, 2.75) is 26.2 Å². The minimum Gasteiger partial charge on any atom is -0.396 e. The Labute approximate surface area is 93.5 Å². The van der Waals surface area contributed by atoms with Gasteiger partial charge in [-0.3, -0.25) is 4.79 Å². The second-order valence-corrected chi connectivity index (χ2v) is 3.83. The van der Waals surface area contributed by atoms with Crippen LogP contribution in [0.15, 0.2) is 12.1 Å². The molecule has 0 aromatic heterocycles. The topological polar surface area (TPSA) is 66.8 Å². The van der Waals surface area contributed by atoms with Gasteiger partial charge in [0.2, 0.25) is 0 Å². The SMILES string of the molecule is O=C(CCO)c1cc2c(cc1CO)COC2. The van der Waals surface area contributed by atoms with Crippen LogP contribution in [0.4, 0.5) is 0 Å². The molecule has 1 aliphatic heterocycles. The first-order chi connectivity index (χ1) is 7.76. The number of fused-ring (bicyclic) bond motifs is 1. The van der Waals surface area contributed by atoms with Crippen molar-refractivity contribution in [2.24, 2.45) is 0 Å². The lowest BCUT2D eigenvalue weighted by Gasteiger charge is -2.08. The molecule has 0 fully saturated rings. The van der Waals surface area contributed by atoms with Crippen molar-refractivity contribution in [2.75, 3.05) is 6.61 Å². The summed E-state index contributed by atoms with van der Waals surface area (Å²) in [5.41, 5.74) is 3.14. The van der Waals surface area contributed by atoms with Crippen LogP contribution in [0.5, 0.6) is 0 Å². The Kier molecular flexibility index (Phi) is 3.33. The average molecular weight is 222 g/mol. The maximum atomic E-state index is 11.7. The van der Waals surface area contributed by atoms with Crippen molar-refractivity contribution in [1.29, 1.82) is 0 Å². The molecule has 0 bridgehead atoms. The molecule has 16 heavy (non-hydrogen) atoms. The van der Waals surface area contributed by atoms with Crippen molar-refractivity contribution >= 4 is 5.78 Å². The number of hydrogen-bond donors (Lipinski definition) is 2. The Morgan fingerprint density at radius 3 is 2.56 bits per heavy atom. The van der Waals surface area contributed by atoms with Crippen LogP contribution in [0.25, 0.3) is 0 Å². The van der Waals surface area contributed by atoms with E-state index in [0.717, 1.165) is 11.1 Å². The zero-order valence-corrected chi connectivity index (χ0v) is 8.90. The number of aliphatic hydroxyl groups is 2. The Morgan fingerprint density at radius 1 is 1.25 bits per heavy atom. The zero-order chi connectivity index (χ0) is 11.5. The number of carbonyl (C=O) groups is 1. The normalized spacial score (nSPS) is 13.9. The second-order valence-electron chi connectivity index (χ2n) is 3.83. The van der Waals surface area contributed by atoms with Crippen molar-refractivity contribution in [3.05, 3.63) is 34.4 Å². The van der Waals surface area contributed by atoms with E-state index in [1.807, 2.05) is 6.07 Å². The van der Waals surface area contributed by atoms with E-state index in [1.54, 1.807) is 6.07 Å². The van der Waals surface area contributed by atoms with E-state index in [9.17, 15) is 9.90 Å². The maximum Gasteiger partial charge on any atom is 0.165 e. The van der Waals surface area contributed by atoms with Crippen LogP contribution in [0.2, 0.25) is 0 Å². The van der Waals surface area contributed by atoms with E-state index in [0.29, 0.717) is 24.3 Å². The average Bonchev–Trinajstić information content (AvgIpc) is 2.74. The molecule has 2 rings (SSSR count). The van der Waals surface area contributed by atoms with Crippen LogP contribution in [0.3, 0.4) is 0 Å². The number of rotatable bonds is 4. The molecule has 0 unspecified atom stereocenters. The summed E-state index contributed by atoms with van der Waals surface area (Å²) >= 11 is 0. The van der Waals surface area contributed by atoms with Gasteiger partial charge in [0.05, 0.1) is 26.4 Å². The zero-order valence-electron chi connectivity index (χ0n) is 8.90. The molecule has 0 spiro atoms. The highest BCUT2D eigenvalue weighted by atomic mass is 16.5. The van der Waals surface area contributed by atoms with E-state index in [4.69, 9.17) is 9.84 Å². The molecule has 0 radical (unpaired) electrons. The van der Waals surface area contributed by atoms with Gasteiger partial charge in [-0.2, -0.15) is 0 Å². The second kappa shape index (κ2) is 4.74. The summed E-state index contributed by atoms with van der Waals surface area (Å²) in [7, 11) is 0. The lowest BCUT2D eigenvalue weighted by atomic mass is 9.96. The summed E-state index contributed by atoms with van der Waals surface area (Å²) in [6.45, 7) is 0.717. The molecule has 0 saturated carbocycles. The van der Waals surface area contributed by atoms with Crippen LogP contribution in [0, 0.1) is 0 Å². The fourth-order valence-corrected chi connectivity index (χ4v) is 1.91. The number of Topliss-reactive ketones (excluding diaryl/α,β-unsaturated/α-hetero) is 1. The number of ether oxygens (including phenoxy) is 1. The lowest BCUT2D eigenvalue weighted by molar-refractivity contribution is 0.0953. The highest BCUT2D eigenvalue weighted by molar-refractivity contribution is 5.97. The Hall–Kier alpha value is -1.23. The molecule has 86 valence electrons. The summed E-state index contributed by atoms with van der Waals surface area (Å²) in [6, 6.07) is 3.58. The number of carbonyl (C=O) groups excluding carboxylic acids is 1. The third-order valence-electron chi connectivity index (χ3n) is 2.75. The molecule has 0 saturated heterocycles. The minimum absolute atomic E-state index is 0.0899. The first-order valence-corrected chi connectivity index (χ1v) is 5.23. The largest absolute Gasteiger partial charge is 0.396 e. The Balaban J connectivity index is 2.39. The van der Waals surface area contributed by atoms with E-state index in [1.165, 1.54) is 0 Å². The van der Waals surface area contributed by atoms with Crippen LogP contribution in [-0.4, -0.2) is 22.6 Å². The molecule has 0 amide bonds. The van der Waals surface area contributed by atoms with Gasteiger partial charge in [0, 0.05) is 12.0 Å². The molecule has 0 atom stereocenters. The van der Waals surface area contributed by atoms with Crippen LogP contribution >= 0.6 is 0 Å². The van der Waals surface area contributed by atoms with Gasteiger partial charge in [-0.1, -0.05) is 6.07 Å². The predicted octanol–water partition coefficient (Wildman–Crippen LogP) is 0.774. The van der Waals surface area contributed by atoms with Crippen molar-refractivity contribution in [3.63, 3.8) is 0 Å². The van der Waals surface area contributed by atoms with Gasteiger partial charge in [-0.15, -0.1) is 0 Å². The third-order valence-corrected chi connectivity index (χ3v) is 2.75. The molecule has 1 heterocycles. The molecule has 4 nitrogen and oxygen atoms in total. The Bertz CT molecular complexity index is 412. The molecular formula is C12H14O4. The monoisotopic (exact) mass is 222 g/mol. The van der Waals surface area contributed by atoms with E-state index < -0.39 is 0 Å². The highest BCUT2D eigenvalue weighted by Gasteiger charge is 2.18. The Morgan fingerprint density at radius 2 is 1.94 bits per heavy atom. The van der Waals surface area contributed by atoms with Crippen molar-refractivity contribution < 1.29 is 19.7 Å². The van der Waals surface area contributed by atoms with Crippen molar-refractivity contribution in [1.82, 2.24) is 0 Å². The summed E-state index contributed by atoms with van der Waals surface area (Å²) in [4.78, 5) is 11.7. The summed E-state index contributed by atoms with van der Waals surface area (Å²) < 4.78 is 5.27. The quantitative estimate of drug-likeness (QED) is 0.738. The molecule has 1 aliphatic rings. The van der Waals surface area contributed by atoms with Gasteiger partial charge < -0.3 is 14.9 Å². The van der Waals surface area contributed by atoms with Crippen molar-refractivity contribution in [3.8, 4) is 0 Å².